The SMILES string of the molecule is Cc1nc2cc(Nc3cccc(C4(C)COCC(N)=N4)c3)ccc2n1C. The molecule has 2 aromatic carbocycles. The van der Waals surface area contributed by atoms with Gasteiger partial charge in [0.05, 0.1) is 17.6 Å². The van der Waals surface area contributed by atoms with Crippen LogP contribution in [0.2, 0.25) is 0 Å². The van der Waals surface area contributed by atoms with Gasteiger partial charge in [0.1, 0.15) is 23.8 Å². The Bertz CT molecular complexity index is 1010. The number of aliphatic imine (C=N–C) groups is 1. The van der Waals surface area contributed by atoms with Crippen LogP contribution in [0.25, 0.3) is 11.0 Å². The van der Waals surface area contributed by atoms with E-state index in [4.69, 9.17) is 10.5 Å². The number of hydrogen-bond acceptors (Lipinski definition) is 5. The van der Waals surface area contributed by atoms with Crippen molar-refractivity contribution in [3.63, 3.8) is 0 Å². The Labute approximate surface area is 152 Å². The van der Waals surface area contributed by atoms with Crippen LogP contribution >= 0.6 is 0 Å². The number of amidine groups is 1. The van der Waals surface area contributed by atoms with Crippen LogP contribution in [0, 0.1) is 6.92 Å². The first-order valence-corrected chi connectivity index (χ1v) is 8.67. The van der Waals surface area contributed by atoms with Gasteiger partial charge in [0.15, 0.2) is 0 Å². The maximum atomic E-state index is 5.88. The molecule has 3 N–H and O–H groups in total. The molecule has 1 aliphatic rings. The van der Waals surface area contributed by atoms with Crippen LogP contribution < -0.4 is 11.1 Å². The molecule has 1 atom stereocenters. The molecule has 134 valence electrons. The highest BCUT2D eigenvalue weighted by Crippen LogP contribution is 2.31. The molecule has 2 heterocycles. The van der Waals surface area contributed by atoms with E-state index in [9.17, 15) is 0 Å². The molecule has 0 saturated carbocycles. The monoisotopic (exact) mass is 349 g/mol. The summed E-state index contributed by atoms with van der Waals surface area (Å²) >= 11 is 0. The molecule has 3 aromatic rings. The first kappa shape index (κ1) is 16.6. The zero-order chi connectivity index (χ0) is 18.3. The highest BCUT2D eigenvalue weighted by molar-refractivity contribution is 5.83. The fraction of sp³-hybridized carbons (Fsp3) is 0.300. The molecule has 0 fully saturated rings. The second-order valence-electron chi connectivity index (χ2n) is 7.00. The van der Waals surface area contributed by atoms with E-state index in [2.05, 4.69) is 50.2 Å². The van der Waals surface area contributed by atoms with Gasteiger partial charge in [-0.1, -0.05) is 12.1 Å². The molecule has 4 rings (SSSR count). The summed E-state index contributed by atoms with van der Waals surface area (Å²) in [6.45, 7) is 4.98. The van der Waals surface area contributed by atoms with E-state index in [0.29, 0.717) is 19.0 Å². The summed E-state index contributed by atoms with van der Waals surface area (Å²) in [5.74, 6) is 1.54. The van der Waals surface area contributed by atoms with Gasteiger partial charge in [-0.05, 0) is 49.7 Å². The minimum Gasteiger partial charge on any atom is -0.386 e. The third kappa shape index (κ3) is 2.93. The van der Waals surface area contributed by atoms with E-state index in [1.54, 1.807) is 0 Å². The average Bonchev–Trinajstić information content (AvgIpc) is 2.89. The molecule has 0 radical (unpaired) electrons. The van der Waals surface area contributed by atoms with Crippen molar-refractivity contribution < 1.29 is 4.74 Å². The number of aromatic nitrogens is 2. The van der Waals surface area contributed by atoms with Gasteiger partial charge in [0, 0.05) is 18.4 Å². The summed E-state index contributed by atoms with van der Waals surface area (Å²) in [7, 11) is 2.03. The van der Waals surface area contributed by atoms with Crippen molar-refractivity contribution in [3.8, 4) is 0 Å². The standard InChI is InChI=1S/C20H23N5O/c1-13-22-17-10-16(7-8-18(17)25(13)3)23-15-6-4-5-14(9-15)20(2)12-26-11-19(21)24-20/h4-10,23H,11-12H2,1-3H3,(H2,21,24). The van der Waals surface area contributed by atoms with E-state index in [1.807, 2.05) is 33.0 Å². The lowest BCUT2D eigenvalue weighted by Crippen LogP contribution is -2.37. The summed E-state index contributed by atoms with van der Waals surface area (Å²) in [5, 5.41) is 3.46. The van der Waals surface area contributed by atoms with Crippen molar-refractivity contribution in [2.75, 3.05) is 18.5 Å². The maximum absolute atomic E-state index is 5.88. The molecule has 1 aromatic heterocycles. The molecule has 1 unspecified atom stereocenters. The van der Waals surface area contributed by atoms with Gasteiger partial charge in [-0.2, -0.15) is 0 Å². The number of nitrogens with one attached hydrogen (secondary N) is 1. The van der Waals surface area contributed by atoms with Crippen LogP contribution in [-0.2, 0) is 17.3 Å². The normalized spacial score (nSPS) is 20.2. The van der Waals surface area contributed by atoms with Gasteiger partial charge in [0.2, 0.25) is 0 Å². The topological polar surface area (TPSA) is 77.5 Å². The quantitative estimate of drug-likeness (QED) is 0.761. The summed E-state index contributed by atoms with van der Waals surface area (Å²) in [6, 6.07) is 14.4. The van der Waals surface area contributed by atoms with Crippen molar-refractivity contribution in [1.29, 1.82) is 0 Å². The summed E-state index contributed by atoms with van der Waals surface area (Å²) in [5.41, 5.74) is 10.6. The van der Waals surface area contributed by atoms with Crippen LogP contribution in [-0.4, -0.2) is 28.6 Å². The fourth-order valence-electron chi connectivity index (χ4n) is 3.38. The molecule has 26 heavy (non-hydrogen) atoms. The summed E-state index contributed by atoms with van der Waals surface area (Å²) in [6.07, 6.45) is 0. The molecule has 6 nitrogen and oxygen atoms in total. The average molecular weight is 349 g/mol. The molecule has 1 aliphatic heterocycles. The Morgan fingerprint density at radius 3 is 2.81 bits per heavy atom. The lowest BCUT2D eigenvalue weighted by molar-refractivity contribution is 0.106. The number of nitrogens with two attached hydrogens (primary N) is 1. The van der Waals surface area contributed by atoms with E-state index in [0.717, 1.165) is 33.8 Å². The molecule has 0 aliphatic carbocycles. The Morgan fingerprint density at radius 1 is 1.19 bits per heavy atom. The molecule has 6 heteroatoms. The number of imidazole rings is 1. The maximum Gasteiger partial charge on any atom is 0.121 e. The molecule has 0 amide bonds. The van der Waals surface area contributed by atoms with Gasteiger partial charge >= 0.3 is 0 Å². The van der Waals surface area contributed by atoms with E-state index in [1.165, 1.54) is 0 Å². The van der Waals surface area contributed by atoms with E-state index < -0.39 is 5.54 Å². The van der Waals surface area contributed by atoms with Gasteiger partial charge in [-0.3, -0.25) is 4.99 Å². The number of rotatable bonds is 3. The highest BCUT2D eigenvalue weighted by Gasteiger charge is 2.30. The van der Waals surface area contributed by atoms with E-state index >= 15 is 0 Å². The number of benzene rings is 2. The van der Waals surface area contributed by atoms with Crippen LogP contribution in [0.4, 0.5) is 11.4 Å². The number of anilines is 2. The van der Waals surface area contributed by atoms with Gasteiger partial charge < -0.3 is 20.4 Å². The number of aryl methyl sites for hydroxylation is 2. The number of nitrogens with zero attached hydrogens (tertiary/aromatic N) is 3. The first-order valence-electron chi connectivity index (χ1n) is 8.67. The Hall–Kier alpha value is -2.86. The zero-order valence-corrected chi connectivity index (χ0v) is 15.3. The Morgan fingerprint density at radius 2 is 2.00 bits per heavy atom. The highest BCUT2D eigenvalue weighted by atomic mass is 16.5. The lowest BCUT2D eigenvalue weighted by Gasteiger charge is -2.30. The Balaban J connectivity index is 1.64. The third-order valence-electron chi connectivity index (χ3n) is 4.90. The number of hydrogen-bond donors (Lipinski definition) is 2. The minimum absolute atomic E-state index is 0.400. The van der Waals surface area contributed by atoms with Crippen molar-refractivity contribution in [1.82, 2.24) is 9.55 Å². The minimum atomic E-state index is -0.456. The molecule has 0 saturated heterocycles. The van der Waals surface area contributed by atoms with Crippen molar-refractivity contribution >= 4 is 28.2 Å². The van der Waals surface area contributed by atoms with Gasteiger partial charge in [-0.25, -0.2) is 4.98 Å². The third-order valence-corrected chi connectivity index (χ3v) is 4.90. The van der Waals surface area contributed by atoms with Crippen molar-refractivity contribution in [2.24, 2.45) is 17.8 Å². The molecule has 0 spiro atoms. The predicted octanol–water partition coefficient (Wildman–Crippen LogP) is 3.23. The smallest absolute Gasteiger partial charge is 0.121 e. The number of fused-ring (bicyclic) bond motifs is 1. The summed E-state index contributed by atoms with van der Waals surface area (Å²) < 4.78 is 7.67. The summed E-state index contributed by atoms with van der Waals surface area (Å²) in [4.78, 5) is 9.21. The van der Waals surface area contributed by atoms with E-state index in [-0.39, 0.29) is 0 Å². The van der Waals surface area contributed by atoms with Crippen LogP contribution in [0.3, 0.4) is 0 Å². The fourth-order valence-corrected chi connectivity index (χ4v) is 3.38. The first-order chi connectivity index (χ1) is 12.4. The van der Waals surface area contributed by atoms with Crippen molar-refractivity contribution in [2.45, 2.75) is 19.4 Å². The molecular formula is C20H23N5O. The predicted molar refractivity (Wildman–Crippen MR) is 105 cm³/mol. The second kappa shape index (κ2) is 6.14. The van der Waals surface area contributed by atoms with Crippen LogP contribution in [0.1, 0.15) is 18.3 Å². The van der Waals surface area contributed by atoms with Gasteiger partial charge in [-0.15, -0.1) is 0 Å². The van der Waals surface area contributed by atoms with Crippen LogP contribution in [0.15, 0.2) is 47.5 Å². The lowest BCUT2D eigenvalue weighted by atomic mass is 9.92. The van der Waals surface area contributed by atoms with Crippen molar-refractivity contribution in [3.05, 3.63) is 53.9 Å². The Kier molecular flexibility index (Phi) is 3.92. The zero-order valence-electron chi connectivity index (χ0n) is 15.3. The largest absolute Gasteiger partial charge is 0.386 e. The van der Waals surface area contributed by atoms with Gasteiger partial charge in [0.25, 0.3) is 0 Å². The number of ether oxygens (including phenoxy) is 1. The molecular weight excluding hydrogens is 326 g/mol. The molecule has 0 bridgehead atoms. The van der Waals surface area contributed by atoms with Crippen LogP contribution in [0.5, 0.6) is 0 Å². The second-order valence-corrected chi connectivity index (χ2v) is 7.00.